The highest BCUT2D eigenvalue weighted by atomic mass is 79.9. The summed E-state index contributed by atoms with van der Waals surface area (Å²) in [5.41, 5.74) is 3.09. The van der Waals surface area contributed by atoms with Crippen LogP contribution in [0.5, 0.6) is 11.5 Å². The van der Waals surface area contributed by atoms with Crippen molar-refractivity contribution >= 4 is 32.9 Å². The number of para-hydroxylation sites is 2. The number of nitrogens with zero attached hydrogens (tertiary/aromatic N) is 1. The summed E-state index contributed by atoms with van der Waals surface area (Å²) in [6.07, 6.45) is 0. The fraction of sp³-hybridized carbons (Fsp3) is 0.0476. The van der Waals surface area contributed by atoms with Gasteiger partial charge in [0.15, 0.2) is 11.5 Å². The minimum absolute atomic E-state index is 0.332. The van der Waals surface area contributed by atoms with Gasteiger partial charge < -0.3 is 14.5 Å². The number of halogens is 1. The largest absolute Gasteiger partial charge is 0.493 e. The first kappa shape index (κ1) is 17.3. The zero-order valence-electron chi connectivity index (χ0n) is 14.4. The van der Waals surface area contributed by atoms with Crippen LogP contribution in [0, 0.1) is 0 Å². The molecular weight excluding hydrogens is 408 g/mol. The van der Waals surface area contributed by atoms with Gasteiger partial charge in [-0.1, -0.05) is 30.3 Å². The predicted molar refractivity (Wildman–Crippen MR) is 107 cm³/mol. The second-order valence-electron chi connectivity index (χ2n) is 5.84. The van der Waals surface area contributed by atoms with Gasteiger partial charge in [0.25, 0.3) is 0 Å². The number of benzene rings is 3. The number of rotatable bonds is 4. The lowest BCUT2D eigenvalue weighted by molar-refractivity contribution is 0.0729. The summed E-state index contributed by atoms with van der Waals surface area (Å²) in [5.74, 6) is 1.02. The van der Waals surface area contributed by atoms with E-state index in [0.717, 1.165) is 21.1 Å². The maximum absolute atomic E-state index is 12.4. The van der Waals surface area contributed by atoms with Gasteiger partial charge in [0.2, 0.25) is 0 Å². The molecule has 0 radical (unpaired) electrons. The molecule has 0 saturated carbocycles. The number of H-pyrrole nitrogens is 1. The van der Waals surface area contributed by atoms with Gasteiger partial charge in [-0.3, -0.25) is 0 Å². The Morgan fingerprint density at radius 1 is 1.00 bits per heavy atom. The molecule has 134 valence electrons. The van der Waals surface area contributed by atoms with E-state index in [2.05, 4.69) is 25.9 Å². The van der Waals surface area contributed by atoms with Crippen molar-refractivity contribution in [3.63, 3.8) is 0 Å². The number of aromatic nitrogens is 2. The third-order valence-electron chi connectivity index (χ3n) is 4.11. The Labute approximate surface area is 164 Å². The van der Waals surface area contributed by atoms with Gasteiger partial charge in [0, 0.05) is 10.0 Å². The Hall–Kier alpha value is -3.12. The van der Waals surface area contributed by atoms with E-state index in [0.29, 0.717) is 22.9 Å². The molecule has 0 saturated heterocycles. The van der Waals surface area contributed by atoms with Crippen molar-refractivity contribution in [2.24, 2.45) is 0 Å². The molecule has 0 fully saturated rings. The lowest BCUT2D eigenvalue weighted by Gasteiger charge is -2.12. The Bertz CT molecular complexity index is 1090. The van der Waals surface area contributed by atoms with E-state index in [-0.39, 0.29) is 0 Å². The Morgan fingerprint density at radius 2 is 1.74 bits per heavy atom. The smallest absolute Gasteiger partial charge is 0.343 e. The van der Waals surface area contributed by atoms with Crippen molar-refractivity contribution in [1.82, 2.24) is 9.97 Å². The molecule has 4 rings (SSSR count). The van der Waals surface area contributed by atoms with Gasteiger partial charge in [-0.05, 0) is 52.3 Å². The molecular formula is C21H15BrN2O3. The highest BCUT2D eigenvalue weighted by Gasteiger charge is 2.17. The van der Waals surface area contributed by atoms with Crippen molar-refractivity contribution in [2.75, 3.05) is 7.11 Å². The van der Waals surface area contributed by atoms with E-state index < -0.39 is 5.97 Å². The average molecular weight is 423 g/mol. The molecule has 1 heterocycles. The minimum Gasteiger partial charge on any atom is -0.493 e. The standard InChI is InChI=1S/C21H15BrN2O3/c1-26-18-11-14(20-23-16-9-5-6-10-17(16)24-20)15(22)12-19(18)27-21(25)13-7-3-2-4-8-13/h2-12H,1H3,(H,23,24). The van der Waals surface area contributed by atoms with Crippen LogP contribution in [0.2, 0.25) is 0 Å². The zero-order chi connectivity index (χ0) is 18.8. The van der Waals surface area contributed by atoms with Crippen LogP contribution in [0.4, 0.5) is 0 Å². The molecule has 1 N–H and O–H groups in total. The van der Waals surface area contributed by atoms with Crippen molar-refractivity contribution in [3.05, 3.63) is 76.8 Å². The van der Waals surface area contributed by atoms with E-state index in [4.69, 9.17) is 9.47 Å². The lowest BCUT2D eigenvalue weighted by atomic mass is 10.2. The summed E-state index contributed by atoms with van der Waals surface area (Å²) in [7, 11) is 1.53. The molecule has 0 aliphatic carbocycles. The molecule has 3 aromatic carbocycles. The summed E-state index contributed by atoms with van der Waals surface area (Å²) >= 11 is 3.54. The van der Waals surface area contributed by atoms with Crippen LogP contribution in [-0.4, -0.2) is 23.0 Å². The van der Waals surface area contributed by atoms with Gasteiger partial charge in [0.05, 0.1) is 23.7 Å². The van der Waals surface area contributed by atoms with Crippen molar-refractivity contribution in [1.29, 1.82) is 0 Å². The molecule has 0 amide bonds. The number of imidazole rings is 1. The zero-order valence-corrected chi connectivity index (χ0v) is 16.0. The van der Waals surface area contributed by atoms with Gasteiger partial charge in [-0.15, -0.1) is 0 Å². The van der Waals surface area contributed by atoms with Gasteiger partial charge >= 0.3 is 5.97 Å². The summed E-state index contributed by atoms with van der Waals surface area (Å²) in [6.45, 7) is 0. The van der Waals surface area contributed by atoms with Crippen LogP contribution in [-0.2, 0) is 0 Å². The van der Waals surface area contributed by atoms with Crippen LogP contribution in [0.15, 0.2) is 71.2 Å². The van der Waals surface area contributed by atoms with Gasteiger partial charge in [0.1, 0.15) is 5.82 Å². The molecule has 0 unspecified atom stereocenters. The maximum Gasteiger partial charge on any atom is 0.343 e. The monoisotopic (exact) mass is 422 g/mol. The summed E-state index contributed by atoms with van der Waals surface area (Å²) in [6, 6.07) is 20.1. The minimum atomic E-state index is -0.447. The summed E-state index contributed by atoms with van der Waals surface area (Å²) < 4.78 is 11.7. The molecule has 0 aliphatic heterocycles. The number of ether oxygens (including phenoxy) is 2. The molecule has 1 aromatic heterocycles. The van der Waals surface area contributed by atoms with E-state index in [1.165, 1.54) is 7.11 Å². The number of carbonyl (C=O) groups is 1. The van der Waals surface area contributed by atoms with E-state index >= 15 is 0 Å². The molecule has 0 aliphatic rings. The number of methoxy groups -OCH3 is 1. The number of fused-ring (bicyclic) bond motifs is 1. The summed E-state index contributed by atoms with van der Waals surface area (Å²) in [5, 5.41) is 0. The first-order valence-corrected chi connectivity index (χ1v) is 9.05. The van der Waals surface area contributed by atoms with Gasteiger partial charge in [-0.2, -0.15) is 0 Å². The number of esters is 1. The number of aromatic amines is 1. The van der Waals surface area contributed by atoms with E-state index in [1.807, 2.05) is 30.3 Å². The van der Waals surface area contributed by atoms with E-state index in [1.54, 1.807) is 36.4 Å². The third-order valence-corrected chi connectivity index (χ3v) is 4.77. The number of carbonyl (C=O) groups excluding carboxylic acids is 1. The Kier molecular flexibility index (Phi) is 4.64. The second-order valence-corrected chi connectivity index (χ2v) is 6.70. The highest BCUT2D eigenvalue weighted by molar-refractivity contribution is 9.10. The first-order chi connectivity index (χ1) is 13.2. The lowest BCUT2D eigenvalue weighted by Crippen LogP contribution is -2.09. The topological polar surface area (TPSA) is 64.2 Å². The van der Waals surface area contributed by atoms with Crippen LogP contribution in [0.3, 0.4) is 0 Å². The molecule has 27 heavy (non-hydrogen) atoms. The van der Waals surface area contributed by atoms with Crippen LogP contribution < -0.4 is 9.47 Å². The molecule has 4 aromatic rings. The third kappa shape index (κ3) is 3.44. The SMILES string of the molecule is COc1cc(-c2nc3ccccc3[nH]2)c(Br)cc1OC(=O)c1ccccc1. The van der Waals surface area contributed by atoms with Gasteiger partial charge in [-0.25, -0.2) is 9.78 Å². The first-order valence-electron chi connectivity index (χ1n) is 8.25. The van der Waals surface area contributed by atoms with Crippen molar-refractivity contribution in [3.8, 4) is 22.9 Å². The average Bonchev–Trinajstić information content (AvgIpc) is 3.12. The highest BCUT2D eigenvalue weighted by Crippen LogP contribution is 2.38. The Balaban J connectivity index is 1.71. The van der Waals surface area contributed by atoms with Crippen LogP contribution in [0.1, 0.15) is 10.4 Å². The molecule has 0 atom stereocenters. The maximum atomic E-state index is 12.4. The fourth-order valence-electron chi connectivity index (χ4n) is 2.77. The molecule has 0 bridgehead atoms. The number of nitrogens with one attached hydrogen (secondary N) is 1. The van der Waals surface area contributed by atoms with Crippen LogP contribution >= 0.6 is 15.9 Å². The molecule has 5 nitrogen and oxygen atoms in total. The molecule has 0 spiro atoms. The second kappa shape index (κ2) is 7.25. The Morgan fingerprint density at radius 3 is 2.48 bits per heavy atom. The van der Waals surface area contributed by atoms with Crippen molar-refractivity contribution < 1.29 is 14.3 Å². The van der Waals surface area contributed by atoms with Crippen molar-refractivity contribution in [2.45, 2.75) is 0 Å². The van der Waals surface area contributed by atoms with Crippen LogP contribution in [0.25, 0.3) is 22.4 Å². The quantitative estimate of drug-likeness (QED) is 0.361. The number of hydrogen-bond donors (Lipinski definition) is 1. The molecule has 6 heteroatoms. The predicted octanol–water partition coefficient (Wildman–Crippen LogP) is 5.22. The summed E-state index contributed by atoms with van der Waals surface area (Å²) in [4.78, 5) is 20.2. The fourth-order valence-corrected chi connectivity index (χ4v) is 3.28. The normalized spacial score (nSPS) is 10.7. The van der Waals surface area contributed by atoms with E-state index in [9.17, 15) is 4.79 Å². The number of hydrogen-bond acceptors (Lipinski definition) is 4.